The van der Waals surface area contributed by atoms with E-state index in [-0.39, 0.29) is 5.75 Å². The van der Waals surface area contributed by atoms with E-state index in [2.05, 4.69) is 14.7 Å². The van der Waals surface area contributed by atoms with Crippen LogP contribution in [0.25, 0.3) is 5.82 Å². The largest absolute Gasteiger partial charge is 0.291 e. The average Bonchev–Trinajstić information content (AvgIpc) is 2.91. The molecule has 0 bridgehead atoms. The number of rotatable bonds is 6. The molecule has 0 aliphatic heterocycles. The third-order valence-electron chi connectivity index (χ3n) is 2.34. The maximum absolute atomic E-state index is 11.7. The van der Waals surface area contributed by atoms with E-state index in [1.54, 1.807) is 35.4 Å². The molecular weight excluding hydrogens is 288 g/mol. The van der Waals surface area contributed by atoms with Crippen molar-refractivity contribution < 1.29 is 8.42 Å². The zero-order chi connectivity index (χ0) is 13.7. The Morgan fingerprint density at radius 3 is 2.79 bits per heavy atom. The first-order chi connectivity index (χ1) is 9.11. The van der Waals surface area contributed by atoms with E-state index in [0.29, 0.717) is 23.8 Å². The van der Waals surface area contributed by atoms with Crippen LogP contribution in [0.2, 0.25) is 0 Å². The minimum Gasteiger partial charge on any atom is -0.291 e. The van der Waals surface area contributed by atoms with Gasteiger partial charge in [-0.2, -0.15) is 0 Å². The first-order valence-electron chi connectivity index (χ1n) is 5.61. The van der Waals surface area contributed by atoms with Crippen molar-refractivity contribution in [2.75, 3.05) is 16.4 Å². The Hall–Kier alpha value is -1.60. The van der Waals surface area contributed by atoms with Gasteiger partial charge in [-0.3, -0.25) is 9.29 Å². The molecule has 0 aromatic carbocycles. The van der Waals surface area contributed by atoms with Gasteiger partial charge in [-0.25, -0.2) is 18.4 Å². The Balaban J connectivity index is 2.07. The summed E-state index contributed by atoms with van der Waals surface area (Å²) in [6.07, 6.45) is 6.90. The molecule has 19 heavy (non-hydrogen) atoms. The minimum atomic E-state index is -3.36. The summed E-state index contributed by atoms with van der Waals surface area (Å²) in [5.41, 5.74) is 0.429. The van der Waals surface area contributed by atoms with Crippen LogP contribution in [0.15, 0.2) is 37.1 Å². The topological polar surface area (TPSA) is 76.9 Å². The molecule has 8 heteroatoms. The van der Waals surface area contributed by atoms with Crippen LogP contribution in [-0.4, -0.2) is 34.6 Å². The quantitative estimate of drug-likeness (QED) is 0.823. The highest BCUT2D eigenvalue weighted by Gasteiger charge is 2.10. The molecule has 0 saturated carbocycles. The number of alkyl halides is 1. The molecule has 0 radical (unpaired) electrons. The van der Waals surface area contributed by atoms with E-state index in [1.807, 2.05) is 0 Å². The number of pyridine rings is 1. The monoisotopic (exact) mass is 300 g/mol. The second kappa shape index (κ2) is 6.03. The molecule has 1 N–H and O–H groups in total. The van der Waals surface area contributed by atoms with Crippen LogP contribution in [-0.2, 0) is 10.0 Å². The fourth-order valence-electron chi connectivity index (χ4n) is 1.47. The number of halogens is 1. The summed E-state index contributed by atoms with van der Waals surface area (Å²) in [5.74, 6) is 0.986. The lowest BCUT2D eigenvalue weighted by atomic mass is 10.4. The number of anilines is 1. The first kappa shape index (κ1) is 13.8. The van der Waals surface area contributed by atoms with Crippen LogP contribution in [0, 0.1) is 0 Å². The predicted molar refractivity (Wildman–Crippen MR) is 74.1 cm³/mol. The lowest BCUT2D eigenvalue weighted by molar-refractivity contribution is 0.600. The van der Waals surface area contributed by atoms with Gasteiger partial charge in [0.1, 0.15) is 12.1 Å². The second-order valence-electron chi connectivity index (χ2n) is 3.84. The highest BCUT2D eigenvalue weighted by Crippen LogP contribution is 2.11. The van der Waals surface area contributed by atoms with Gasteiger partial charge in [0.05, 0.1) is 17.6 Å². The molecule has 102 valence electrons. The summed E-state index contributed by atoms with van der Waals surface area (Å²) in [4.78, 5) is 8.07. The van der Waals surface area contributed by atoms with Gasteiger partial charge in [-0.1, -0.05) is 0 Å². The number of nitrogens with one attached hydrogen (secondary N) is 1. The van der Waals surface area contributed by atoms with Crippen LogP contribution in [0.4, 0.5) is 5.69 Å². The third-order valence-corrected chi connectivity index (χ3v) is 3.98. The van der Waals surface area contributed by atoms with Gasteiger partial charge < -0.3 is 0 Å². The first-order valence-corrected chi connectivity index (χ1v) is 7.80. The molecule has 0 aliphatic rings. The number of hydrogen-bond donors (Lipinski definition) is 1. The Labute approximate surface area is 116 Å². The Bertz CT molecular complexity index is 611. The van der Waals surface area contributed by atoms with Crippen LogP contribution in [0.5, 0.6) is 0 Å². The van der Waals surface area contributed by atoms with Crippen molar-refractivity contribution in [1.29, 1.82) is 0 Å². The van der Waals surface area contributed by atoms with Gasteiger partial charge in [0.2, 0.25) is 10.0 Å². The lowest BCUT2D eigenvalue weighted by Crippen LogP contribution is -2.17. The number of sulfonamides is 1. The van der Waals surface area contributed by atoms with Crippen molar-refractivity contribution in [2.45, 2.75) is 6.42 Å². The van der Waals surface area contributed by atoms with Crippen molar-refractivity contribution in [3.05, 3.63) is 37.1 Å². The summed E-state index contributed by atoms with van der Waals surface area (Å²) < 4.78 is 27.5. The van der Waals surface area contributed by atoms with Gasteiger partial charge in [0.15, 0.2) is 0 Å². The highest BCUT2D eigenvalue weighted by atomic mass is 35.5. The van der Waals surface area contributed by atoms with Gasteiger partial charge in [0.25, 0.3) is 0 Å². The van der Waals surface area contributed by atoms with Gasteiger partial charge >= 0.3 is 0 Å². The van der Waals surface area contributed by atoms with E-state index in [9.17, 15) is 8.42 Å². The van der Waals surface area contributed by atoms with Gasteiger partial charge in [0, 0.05) is 18.3 Å². The molecule has 0 fully saturated rings. The molecule has 0 amide bonds. The standard InChI is InChI=1S/C11H13ClN4O2S/c12-4-1-7-19(17,18)15-10-2-3-11(14-8-10)16-6-5-13-9-16/h2-3,5-6,8-9,15H,1,4,7H2. The predicted octanol–water partition coefficient (Wildman–Crippen LogP) is 1.64. The van der Waals surface area contributed by atoms with Crippen LogP contribution in [0.1, 0.15) is 6.42 Å². The summed E-state index contributed by atoms with van der Waals surface area (Å²) in [6.45, 7) is 0. The Morgan fingerprint density at radius 2 is 2.21 bits per heavy atom. The molecule has 2 aromatic heterocycles. The molecular formula is C11H13ClN4O2S. The van der Waals surface area contributed by atoms with E-state index in [1.165, 1.54) is 6.20 Å². The second-order valence-corrected chi connectivity index (χ2v) is 6.06. The van der Waals surface area contributed by atoms with E-state index in [0.717, 1.165) is 0 Å². The molecule has 2 heterocycles. The maximum atomic E-state index is 11.7. The van der Waals surface area contributed by atoms with E-state index >= 15 is 0 Å². The Morgan fingerprint density at radius 1 is 1.37 bits per heavy atom. The molecule has 0 atom stereocenters. The number of imidazole rings is 1. The van der Waals surface area contributed by atoms with Crippen LogP contribution < -0.4 is 4.72 Å². The maximum Gasteiger partial charge on any atom is 0.232 e. The SMILES string of the molecule is O=S(=O)(CCCCl)Nc1ccc(-n2ccnc2)nc1. The zero-order valence-electron chi connectivity index (χ0n) is 10.0. The van der Waals surface area contributed by atoms with Crippen molar-refractivity contribution >= 4 is 27.3 Å². The molecule has 0 spiro atoms. The summed E-state index contributed by atoms with van der Waals surface area (Å²) in [6, 6.07) is 3.36. The van der Waals surface area contributed by atoms with Crippen molar-refractivity contribution in [2.24, 2.45) is 0 Å². The lowest BCUT2D eigenvalue weighted by Gasteiger charge is -2.07. The minimum absolute atomic E-state index is 0.000226. The van der Waals surface area contributed by atoms with Crippen molar-refractivity contribution in [1.82, 2.24) is 14.5 Å². The Kier molecular flexibility index (Phi) is 4.39. The number of aromatic nitrogens is 3. The van der Waals surface area contributed by atoms with Crippen LogP contribution in [0.3, 0.4) is 0 Å². The highest BCUT2D eigenvalue weighted by molar-refractivity contribution is 7.92. The molecule has 0 aliphatic carbocycles. The van der Waals surface area contributed by atoms with E-state index in [4.69, 9.17) is 11.6 Å². The molecule has 6 nitrogen and oxygen atoms in total. The number of nitrogens with zero attached hydrogens (tertiary/aromatic N) is 3. The van der Waals surface area contributed by atoms with Crippen LogP contribution >= 0.6 is 11.6 Å². The summed E-state index contributed by atoms with van der Waals surface area (Å²) in [5, 5.41) is 0. The molecule has 2 rings (SSSR count). The zero-order valence-corrected chi connectivity index (χ0v) is 11.6. The fourth-order valence-corrected chi connectivity index (χ4v) is 2.87. The number of hydrogen-bond acceptors (Lipinski definition) is 4. The normalized spacial score (nSPS) is 11.4. The molecule has 2 aromatic rings. The molecule has 0 saturated heterocycles. The van der Waals surface area contributed by atoms with Crippen molar-refractivity contribution in [3.63, 3.8) is 0 Å². The van der Waals surface area contributed by atoms with Gasteiger partial charge in [-0.15, -0.1) is 11.6 Å². The molecule has 0 unspecified atom stereocenters. The summed E-state index contributed by atoms with van der Waals surface area (Å²) >= 11 is 5.48. The van der Waals surface area contributed by atoms with Gasteiger partial charge in [-0.05, 0) is 18.6 Å². The smallest absolute Gasteiger partial charge is 0.232 e. The fraction of sp³-hybridized carbons (Fsp3) is 0.273. The van der Waals surface area contributed by atoms with Crippen molar-refractivity contribution in [3.8, 4) is 5.82 Å². The average molecular weight is 301 g/mol. The third kappa shape index (κ3) is 3.93. The van der Waals surface area contributed by atoms with E-state index < -0.39 is 10.0 Å². The summed E-state index contributed by atoms with van der Waals surface area (Å²) in [7, 11) is -3.36.